The van der Waals surface area contributed by atoms with Gasteiger partial charge in [-0.05, 0) is 48.4 Å². The van der Waals surface area contributed by atoms with Crippen molar-refractivity contribution in [2.24, 2.45) is 0 Å². The zero-order valence-electron chi connectivity index (χ0n) is 18.5. The lowest BCUT2D eigenvalue weighted by molar-refractivity contribution is -0.304. The molecule has 2 N–H and O–H groups in total. The lowest BCUT2D eigenvalue weighted by atomic mass is 10.1. The summed E-state index contributed by atoms with van der Waals surface area (Å²) in [6.07, 6.45) is -14.9. The van der Waals surface area contributed by atoms with Crippen LogP contribution in [-0.2, 0) is 6.42 Å². The van der Waals surface area contributed by atoms with Crippen molar-refractivity contribution in [3.05, 3.63) is 95.6 Å². The number of hydrogen-bond donors (Lipinski definition) is 2. The van der Waals surface area contributed by atoms with Crippen LogP contribution in [0.15, 0.2) is 78.9 Å². The molecule has 0 heterocycles. The Morgan fingerprint density at radius 3 is 2.06 bits per heavy atom. The van der Waals surface area contributed by atoms with Crippen LogP contribution in [0.1, 0.15) is 26.3 Å². The number of alkyl halides is 6. The van der Waals surface area contributed by atoms with Crippen LogP contribution in [0, 0.1) is 0 Å². The molecule has 0 spiro atoms. The van der Waals surface area contributed by atoms with Crippen LogP contribution in [0.5, 0.6) is 5.75 Å². The minimum Gasteiger partial charge on any atom is -0.430 e. The summed E-state index contributed by atoms with van der Waals surface area (Å²) in [6, 6.07) is 19.3. The van der Waals surface area contributed by atoms with Crippen molar-refractivity contribution < 1.29 is 40.7 Å². The molecule has 190 valence electrons. The molecule has 3 rings (SSSR count). The zero-order valence-corrected chi connectivity index (χ0v) is 18.5. The molecule has 0 aromatic heterocycles. The highest BCUT2D eigenvalue weighted by molar-refractivity contribution is 6.09. The summed E-state index contributed by atoms with van der Waals surface area (Å²) in [6.45, 7) is 0.352. The Balaban J connectivity index is 1.63. The van der Waals surface area contributed by atoms with Gasteiger partial charge in [-0.1, -0.05) is 42.5 Å². The normalized spacial score (nSPS) is 12.5. The Hall–Kier alpha value is -4.02. The van der Waals surface area contributed by atoms with Crippen LogP contribution in [0.3, 0.4) is 0 Å². The number of benzene rings is 3. The Bertz CT molecular complexity index is 1180. The summed E-state index contributed by atoms with van der Waals surface area (Å²) in [5, 5.41) is 5.29. The monoisotopic (exact) mass is 510 g/mol. The first-order valence-corrected chi connectivity index (χ1v) is 10.6. The number of carbonyl (C=O) groups is 2. The van der Waals surface area contributed by atoms with E-state index in [9.17, 15) is 35.9 Å². The van der Waals surface area contributed by atoms with Crippen molar-refractivity contribution in [3.63, 3.8) is 0 Å². The Morgan fingerprint density at radius 2 is 1.42 bits per heavy atom. The molecule has 0 aliphatic carbocycles. The maximum atomic E-state index is 13.4. The molecule has 3 aromatic rings. The van der Waals surface area contributed by atoms with Crippen LogP contribution in [-0.4, -0.2) is 36.8 Å². The predicted octanol–water partition coefficient (Wildman–Crippen LogP) is 5.78. The molecular weight excluding hydrogens is 490 g/mol. The molecule has 0 bridgehead atoms. The topological polar surface area (TPSA) is 67.4 Å². The average Bonchev–Trinajstić information content (AvgIpc) is 2.84. The maximum absolute atomic E-state index is 13.4. The van der Waals surface area contributed by atoms with Gasteiger partial charge in [-0.15, -0.1) is 0 Å². The van der Waals surface area contributed by atoms with Gasteiger partial charge in [0.25, 0.3) is 18.0 Å². The number of anilines is 1. The van der Waals surface area contributed by atoms with Crippen LogP contribution < -0.4 is 15.4 Å². The molecule has 3 aromatic carbocycles. The molecule has 0 radical (unpaired) electrons. The van der Waals surface area contributed by atoms with Gasteiger partial charge >= 0.3 is 12.3 Å². The van der Waals surface area contributed by atoms with Gasteiger partial charge < -0.3 is 15.4 Å². The van der Waals surface area contributed by atoms with E-state index in [2.05, 4.69) is 15.4 Å². The van der Waals surface area contributed by atoms with Crippen LogP contribution >= 0.6 is 0 Å². The molecule has 0 saturated carbocycles. The third-order valence-corrected chi connectivity index (χ3v) is 4.91. The Morgan fingerprint density at radius 1 is 0.806 bits per heavy atom. The van der Waals surface area contributed by atoms with Crippen LogP contribution in [0.2, 0.25) is 0 Å². The van der Waals surface area contributed by atoms with Crippen molar-refractivity contribution in [1.29, 1.82) is 0 Å². The van der Waals surface area contributed by atoms with E-state index in [0.717, 1.165) is 29.8 Å². The number of carbonyl (C=O) groups excluding carboxylic acids is 2. The number of hydrogen-bond acceptors (Lipinski definition) is 3. The van der Waals surface area contributed by atoms with E-state index in [1.54, 1.807) is 12.1 Å². The fourth-order valence-electron chi connectivity index (χ4n) is 3.12. The van der Waals surface area contributed by atoms with Crippen molar-refractivity contribution in [2.45, 2.75) is 24.9 Å². The van der Waals surface area contributed by atoms with Gasteiger partial charge in [0, 0.05) is 12.1 Å². The largest absolute Gasteiger partial charge is 0.439 e. The van der Waals surface area contributed by atoms with E-state index in [1.807, 2.05) is 30.3 Å². The van der Waals surface area contributed by atoms with E-state index in [1.165, 1.54) is 12.1 Å². The van der Waals surface area contributed by atoms with Crippen LogP contribution in [0.25, 0.3) is 0 Å². The lowest BCUT2D eigenvalue weighted by Gasteiger charge is -2.23. The van der Waals surface area contributed by atoms with Gasteiger partial charge in [0.15, 0.2) is 0 Å². The fraction of sp³-hybridized carbons (Fsp3) is 0.200. The Labute approximate surface area is 202 Å². The third kappa shape index (κ3) is 7.00. The lowest BCUT2D eigenvalue weighted by Crippen LogP contribution is -2.45. The molecule has 11 heteroatoms. The smallest absolute Gasteiger partial charge is 0.430 e. The molecule has 0 fully saturated rings. The van der Waals surface area contributed by atoms with Gasteiger partial charge in [-0.2, -0.15) is 22.0 Å². The molecule has 0 aliphatic heterocycles. The maximum Gasteiger partial charge on any atom is 0.439 e. The number of amides is 2. The number of halogens is 6. The molecule has 2 amide bonds. The molecule has 5 nitrogen and oxygen atoms in total. The fourth-order valence-corrected chi connectivity index (χ4v) is 3.12. The zero-order chi connectivity index (χ0) is 26.3. The van der Waals surface area contributed by atoms with E-state index < -0.39 is 36.0 Å². The van der Waals surface area contributed by atoms with Crippen LogP contribution in [0.4, 0.5) is 32.0 Å². The molecule has 1 unspecified atom stereocenters. The molecule has 0 saturated heterocycles. The van der Waals surface area contributed by atoms with Gasteiger partial charge in [-0.3, -0.25) is 9.59 Å². The summed E-state index contributed by atoms with van der Waals surface area (Å²) in [4.78, 5) is 25.2. The summed E-state index contributed by atoms with van der Waals surface area (Å²) in [5.41, 5.74) is 1.32. The first kappa shape index (κ1) is 26.6. The predicted molar refractivity (Wildman–Crippen MR) is 120 cm³/mol. The van der Waals surface area contributed by atoms with Crippen molar-refractivity contribution in [1.82, 2.24) is 5.32 Å². The van der Waals surface area contributed by atoms with Crippen molar-refractivity contribution in [2.75, 3.05) is 11.9 Å². The van der Waals surface area contributed by atoms with Gasteiger partial charge in [-0.25, -0.2) is 4.39 Å². The molecule has 0 aliphatic rings. The molecule has 1 atom stereocenters. The average molecular weight is 510 g/mol. The SMILES string of the molecule is O=C(Nc1ccccc1C(=O)NCCc1ccccc1)c1ccc(OC(F)(F)C(F)C(F)(F)F)cc1. The van der Waals surface area contributed by atoms with E-state index in [4.69, 9.17) is 0 Å². The van der Waals surface area contributed by atoms with Crippen molar-refractivity contribution in [3.8, 4) is 5.75 Å². The van der Waals surface area contributed by atoms with E-state index in [-0.39, 0.29) is 16.8 Å². The van der Waals surface area contributed by atoms with Crippen molar-refractivity contribution >= 4 is 17.5 Å². The Kier molecular flexibility index (Phi) is 8.23. The molecular formula is C25H20F6N2O3. The number of rotatable bonds is 9. The quantitative estimate of drug-likeness (QED) is 0.359. The van der Waals surface area contributed by atoms with E-state index >= 15 is 0 Å². The van der Waals surface area contributed by atoms with E-state index in [0.29, 0.717) is 13.0 Å². The minimum absolute atomic E-state index is 0.0717. The first-order valence-electron chi connectivity index (χ1n) is 10.6. The summed E-state index contributed by atoms with van der Waals surface area (Å²) in [7, 11) is 0. The second-order valence-corrected chi connectivity index (χ2v) is 7.58. The van der Waals surface area contributed by atoms with Gasteiger partial charge in [0.1, 0.15) is 5.75 Å². The number of para-hydroxylation sites is 1. The summed E-state index contributed by atoms with van der Waals surface area (Å²) < 4.78 is 80.4. The third-order valence-electron chi connectivity index (χ3n) is 4.91. The molecule has 36 heavy (non-hydrogen) atoms. The summed E-state index contributed by atoms with van der Waals surface area (Å²) in [5.74, 6) is -1.93. The highest BCUT2D eigenvalue weighted by Crippen LogP contribution is 2.36. The highest BCUT2D eigenvalue weighted by Gasteiger charge is 2.59. The minimum atomic E-state index is -5.81. The number of nitrogens with one attached hydrogen (secondary N) is 2. The second kappa shape index (κ2) is 11.1. The summed E-state index contributed by atoms with van der Waals surface area (Å²) >= 11 is 0. The highest BCUT2D eigenvalue weighted by atomic mass is 19.4. The first-order chi connectivity index (χ1) is 17.0. The standard InChI is InChI=1S/C25H20F6N2O3/c26-23(24(27,28)29)25(30,31)36-18-12-10-17(11-13-18)21(34)33-20-9-5-4-8-19(20)22(35)32-15-14-16-6-2-1-3-7-16/h1-13,23H,14-15H2,(H,32,35)(H,33,34). The van der Waals surface area contributed by atoms with Gasteiger partial charge in [0.2, 0.25) is 0 Å². The number of ether oxygens (including phenoxy) is 1. The van der Waals surface area contributed by atoms with Gasteiger partial charge in [0.05, 0.1) is 11.3 Å². The second-order valence-electron chi connectivity index (χ2n) is 7.58.